The number of rotatable bonds is 4. The van der Waals surface area contributed by atoms with Gasteiger partial charge in [0.25, 0.3) is 0 Å². The highest BCUT2D eigenvalue weighted by Crippen LogP contribution is 2.19. The van der Waals surface area contributed by atoms with Crippen LogP contribution in [0.4, 0.5) is 0 Å². The third kappa shape index (κ3) is 2.49. The highest BCUT2D eigenvalue weighted by Gasteiger charge is 2.26. The van der Waals surface area contributed by atoms with E-state index in [4.69, 9.17) is 4.74 Å². The summed E-state index contributed by atoms with van der Waals surface area (Å²) >= 11 is 0. The van der Waals surface area contributed by atoms with Crippen molar-refractivity contribution >= 4 is 9.84 Å². The maximum atomic E-state index is 12.4. The Balaban J connectivity index is 1.84. The molecule has 2 aromatic rings. The molecule has 0 amide bonds. The van der Waals surface area contributed by atoms with Crippen molar-refractivity contribution in [3.8, 4) is 0 Å². The smallest absolute Gasteiger partial charge is 0.227 e. The van der Waals surface area contributed by atoms with Crippen molar-refractivity contribution in [2.75, 3.05) is 12.0 Å². The normalized spacial score (nSPS) is 18.0. The molecule has 1 unspecified atom stereocenters. The van der Waals surface area contributed by atoms with Crippen molar-refractivity contribution in [3.63, 3.8) is 0 Å². The van der Waals surface area contributed by atoms with Crippen LogP contribution >= 0.6 is 0 Å². The van der Waals surface area contributed by atoms with Crippen LogP contribution in [0.15, 0.2) is 52.7 Å². The standard InChI is InChI=1S/C13H14N4O3S/c1-9-3-5-11(6-4-9)21(18,19)13-7-17(16-14-13)15-12-8-20-10(12)2/h3-7,12,15H,2,8H2,1H3. The monoisotopic (exact) mass is 306 g/mol. The summed E-state index contributed by atoms with van der Waals surface area (Å²) in [4.78, 5) is 1.45. The van der Waals surface area contributed by atoms with Crippen LogP contribution in [0.2, 0.25) is 0 Å². The van der Waals surface area contributed by atoms with E-state index in [1.54, 1.807) is 24.3 Å². The molecule has 1 aliphatic rings. The number of benzene rings is 1. The summed E-state index contributed by atoms with van der Waals surface area (Å²) in [6, 6.07) is 6.51. The highest BCUT2D eigenvalue weighted by molar-refractivity contribution is 7.91. The SMILES string of the molecule is C=C1OCC1Nn1cc(S(=O)(=O)c2ccc(C)cc2)nn1. The van der Waals surface area contributed by atoms with Gasteiger partial charge in [0.2, 0.25) is 14.9 Å². The quantitative estimate of drug-likeness (QED) is 0.902. The summed E-state index contributed by atoms with van der Waals surface area (Å²) in [6.07, 6.45) is 1.33. The van der Waals surface area contributed by atoms with Crippen LogP contribution in [0.5, 0.6) is 0 Å². The van der Waals surface area contributed by atoms with E-state index in [-0.39, 0.29) is 16.0 Å². The predicted octanol–water partition coefficient (Wildman–Crippen LogP) is 0.875. The Bertz CT molecular complexity index is 780. The number of ether oxygens (including phenoxy) is 1. The average Bonchev–Trinajstić information content (AvgIpc) is 2.93. The lowest BCUT2D eigenvalue weighted by Crippen LogP contribution is -2.42. The second kappa shape index (κ2) is 4.88. The molecule has 2 heterocycles. The summed E-state index contributed by atoms with van der Waals surface area (Å²) in [6.45, 7) is 6.05. The summed E-state index contributed by atoms with van der Waals surface area (Å²) < 4.78 is 29.8. The number of hydrogen-bond acceptors (Lipinski definition) is 6. The Morgan fingerprint density at radius 1 is 1.38 bits per heavy atom. The molecule has 7 nitrogen and oxygen atoms in total. The molecule has 21 heavy (non-hydrogen) atoms. The number of aromatic nitrogens is 3. The van der Waals surface area contributed by atoms with E-state index in [0.29, 0.717) is 12.4 Å². The first-order valence-electron chi connectivity index (χ1n) is 6.29. The number of nitrogens with one attached hydrogen (secondary N) is 1. The zero-order chi connectivity index (χ0) is 15.0. The van der Waals surface area contributed by atoms with Crippen molar-refractivity contribution < 1.29 is 13.2 Å². The predicted molar refractivity (Wildman–Crippen MR) is 74.9 cm³/mol. The number of nitrogens with zero attached hydrogens (tertiary/aromatic N) is 3. The second-order valence-electron chi connectivity index (χ2n) is 4.78. The van der Waals surface area contributed by atoms with Gasteiger partial charge in [-0.05, 0) is 24.3 Å². The molecule has 0 spiro atoms. The minimum atomic E-state index is -3.66. The van der Waals surface area contributed by atoms with Crippen LogP contribution < -0.4 is 5.43 Å². The van der Waals surface area contributed by atoms with E-state index in [1.165, 1.54) is 11.0 Å². The van der Waals surface area contributed by atoms with Gasteiger partial charge in [0.1, 0.15) is 18.4 Å². The lowest BCUT2D eigenvalue weighted by molar-refractivity contribution is 0.0960. The molecule has 8 heteroatoms. The lowest BCUT2D eigenvalue weighted by Gasteiger charge is -2.30. The van der Waals surface area contributed by atoms with Crippen LogP contribution in [0.1, 0.15) is 5.56 Å². The van der Waals surface area contributed by atoms with Gasteiger partial charge in [-0.15, -0.1) is 5.10 Å². The van der Waals surface area contributed by atoms with Crippen molar-refractivity contribution in [1.29, 1.82) is 0 Å². The Hall–Kier alpha value is -2.35. The fraction of sp³-hybridized carbons (Fsp3) is 0.231. The van der Waals surface area contributed by atoms with Gasteiger partial charge in [0.15, 0.2) is 0 Å². The molecular weight excluding hydrogens is 292 g/mol. The molecule has 1 saturated heterocycles. The van der Waals surface area contributed by atoms with E-state index >= 15 is 0 Å². The minimum Gasteiger partial charge on any atom is -0.493 e. The molecule has 0 saturated carbocycles. The van der Waals surface area contributed by atoms with Crippen LogP contribution in [-0.2, 0) is 14.6 Å². The van der Waals surface area contributed by atoms with Gasteiger partial charge < -0.3 is 4.74 Å². The zero-order valence-electron chi connectivity index (χ0n) is 11.4. The lowest BCUT2D eigenvalue weighted by atomic mass is 10.2. The molecule has 1 fully saturated rings. The summed E-state index contributed by atoms with van der Waals surface area (Å²) in [7, 11) is -3.66. The van der Waals surface area contributed by atoms with Crippen LogP contribution in [0.25, 0.3) is 0 Å². The first-order chi connectivity index (χ1) is 9.96. The fourth-order valence-corrected chi connectivity index (χ4v) is 2.94. The van der Waals surface area contributed by atoms with Gasteiger partial charge in [-0.25, -0.2) is 8.42 Å². The Morgan fingerprint density at radius 3 is 2.67 bits per heavy atom. The molecule has 1 aromatic heterocycles. The van der Waals surface area contributed by atoms with Gasteiger partial charge in [0.05, 0.1) is 11.1 Å². The third-order valence-electron chi connectivity index (χ3n) is 3.19. The maximum absolute atomic E-state index is 12.4. The molecule has 0 bridgehead atoms. The molecule has 110 valence electrons. The summed E-state index contributed by atoms with van der Waals surface area (Å²) in [5.41, 5.74) is 3.92. The summed E-state index contributed by atoms with van der Waals surface area (Å²) in [5, 5.41) is 7.37. The summed E-state index contributed by atoms with van der Waals surface area (Å²) in [5.74, 6) is 0.591. The Morgan fingerprint density at radius 2 is 2.10 bits per heavy atom. The number of aryl methyl sites for hydroxylation is 1. The number of hydrogen-bond donors (Lipinski definition) is 1. The van der Waals surface area contributed by atoms with Crippen molar-refractivity contribution in [1.82, 2.24) is 15.1 Å². The van der Waals surface area contributed by atoms with Crippen molar-refractivity contribution in [3.05, 3.63) is 48.4 Å². The van der Waals surface area contributed by atoms with E-state index in [1.807, 2.05) is 6.92 Å². The minimum absolute atomic E-state index is 0.0818. The molecule has 3 rings (SSSR count). The molecule has 1 aromatic carbocycles. The molecule has 0 radical (unpaired) electrons. The van der Waals surface area contributed by atoms with E-state index in [0.717, 1.165) is 5.56 Å². The van der Waals surface area contributed by atoms with Crippen molar-refractivity contribution in [2.24, 2.45) is 0 Å². The first kappa shape index (κ1) is 13.6. The van der Waals surface area contributed by atoms with Gasteiger partial charge in [-0.3, -0.25) is 5.43 Å². The van der Waals surface area contributed by atoms with Gasteiger partial charge >= 0.3 is 0 Å². The molecule has 1 aliphatic heterocycles. The van der Waals surface area contributed by atoms with Crippen LogP contribution in [-0.4, -0.2) is 36.2 Å². The van der Waals surface area contributed by atoms with E-state index < -0.39 is 9.84 Å². The molecule has 1 N–H and O–H groups in total. The van der Waals surface area contributed by atoms with Gasteiger partial charge in [0, 0.05) is 0 Å². The highest BCUT2D eigenvalue weighted by atomic mass is 32.2. The topological polar surface area (TPSA) is 86.1 Å². The first-order valence-corrected chi connectivity index (χ1v) is 7.77. The van der Waals surface area contributed by atoms with Gasteiger partial charge in [-0.2, -0.15) is 4.79 Å². The third-order valence-corrected chi connectivity index (χ3v) is 4.82. The molecular formula is C13H14N4O3S. The number of sulfone groups is 1. The van der Waals surface area contributed by atoms with Crippen LogP contribution in [0.3, 0.4) is 0 Å². The van der Waals surface area contributed by atoms with E-state index in [9.17, 15) is 8.42 Å². The van der Waals surface area contributed by atoms with Crippen LogP contribution in [0, 0.1) is 6.92 Å². The van der Waals surface area contributed by atoms with Crippen molar-refractivity contribution in [2.45, 2.75) is 22.9 Å². The second-order valence-corrected chi connectivity index (χ2v) is 6.67. The zero-order valence-corrected chi connectivity index (χ0v) is 12.2. The van der Waals surface area contributed by atoms with E-state index in [2.05, 4.69) is 22.3 Å². The Kier molecular flexibility index (Phi) is 3.17. The maximum Gasteiger partial charge on any atom is 0.227 e. The average molecular weight is 306 g/mol. The fourth-order valence-electron chi connectivity index (χ4n) is 1.83. The largest absolute Gasteiger partial charge is 0.493 e. The molecule has 0 aliphatic carbocycles. The molecule has 1 atom stereocenters. The Labute approximate surface area is 122 Å². The van der Waals surface area contributed by atoms with Gasteiger partial charge in [-0.1, -0.05) is 24.3 Å².